The van der Waals surface area contributed by atoms with Crippen molar-refractivity contribution in [1.29, 1.82) is 0 Å². The fraction of sp³-hybridized carbons (Fsp3) is 0. The third-order valence-corrected chi connectivity index (χ3v) is 11.9. The topological polar surface area (TPSA) is 51.6 Å². The zero-order valence-corrected chi connectivity index (χ0v) is 32.4. The summed E-state index contributed by atoms with van der Waals surface area (Å²) in [4.78, 5) is 21.5. The molecule has 12 aromatic rings. The van der Waals surface area contributed by atoms with E-state index < -0.39 is 0 Å². The van der Waals surface area contributed by atoms with Gasteiger partial charge in [-0.1, -0.05) is 176 Å². The maximum absolute atomic E-state index is 5.39. The SMILES string of the molecule is c1ccc(-c2nc3ccc(-c4nc(-c5cc6ccccc6c6ccccc56)nc(-c5cc6ccccc6c6ccccc56)n4)cc3c3c(-c4ccccc4)cccc23)cc1. The minimum absolute atomic E-state index is 0.601. The number of hydrogen-bond donors (Lipinski definition) is 0. The summed E-state index contributed by atoms with van der Waals surface area (Å²) >= 11 is 0. The van der Waals surface area contributed by atoms with Crippen molar-refractivity contribution in [2.45, 2.75) is 0 Å². The molecule has 0 spiro atoms. The molecule has 278 valence electrons. The normalized spacial score (nSPS) is 11.7. The van der Waals surface area contributed by atoms with Crippen LogP contribution < -0.4 is 0 Å². The van der Waals surface area contributed by atoms with Gasteiger partial charge in [0.1, 0.15) is 0 Å². The highest BCUT2D eigenvalue weighted by atomic mass is 15.0. The molecule has 0 fully saturated rings. The Morgan fingerprint density at radius 1 is 0.250 bits per heavy atom. The Labute approximate surface area is 346 Å². The second kappa shape index (κ2) is 13.8. The van der Waals surface area contributed by atoms with Gasteiger partial charge in [0, 0.05) is 38.4 Å². The molecule has 0 radical (unpaired) electrons. The lowest BCUT2D eigenvalue weighted by atomic mass is 9.92. The van der Waals surface area contributed by atoms with Crippen molar-refractivity contribution in [1.82, 2.24) is 19.9 Å². The highest BCUT2D eigenvalue weighted by Gasteiger charge is 2.20. The molecule has 60 heavy (non-hydrogen) atoms. The van der Waals surface area contributed by atoms with E-state index in [-0.39, 0.29) is 0 Å². The van der Waals surface area contributed by atoms with E-state index in [1.807, 2.05) is 6.07 Å². The number of aromatic nitrogens is 4. The van der Waals surface area contributed by atoms with Crippen LogP contribution in [0.4, 0.5) is 0 Å². The van der Waals surface area contributed by atoms with Gasteiger partial charge >= 0.3 is 0 Å². The lowest BCUT2D eigenvalue weighted by molar-refractivity contribution is 1.08. The second-order valence-electron chi connectivity index (χ2n) is 15.3. The van der Waals surface area contributed by atoms with Crippen molar-refractivity contribution < 1.29 is 0 Å². The number of fused-ring (bicyclic) bond motifs is 9. The molecule has 0 atom stereocenters. The quantitative estimate of drug-likeness (QED) is 0.164. The largest absolute Gasteiger partial charge is 0.247 e. The van der Waals surface area contributed by atoms with Gasteiger partial charge in [0.25, 0.3) is 0 Å². The van der Waals surface area contributed by atoms with Gasteiger partial charge in [-0.3, -0.25) is 0 Å². The monoisotopic (exact) mass is 762 g/mol. The molecule has 0 aliphatic rings. The van der Waals surface area contributed by atoms with Crippen molar-refractivity contribution in [3.05, 3.63) is 206 Å². The molecule has 0 unspecified atom stereocenters. The molecular formula is C56H34N4. The Kier molecular flexibility index (Phi) is 7.82. The summed E-state index contributed by atoms with van der Waals surface area (Å²) in [6, 6.07) is 72.8. The fourth-order valence-electron chi connectivity index (χ4n) is 9.09. The zero-order valence-electron chi connectivity index (χ0n) is 32.4. The Morgan fingerprint density at radius 3 is 1.33 bits per heavy atom. The maximum atomic E-state index is 5.39. The van der Waals surface area contributed by atoms with Crippen LogP contribution in [0.3, 0.4) is 0 Å². The van der Waals surface area contributed by atoms with Crippen LogP contribution in [-0.2, 0) is 0 Å². The van der Waals surface area contributed by atoms with E-state index in [0.717, 1.165) is 93.1 Å². The average molecular weight is 763 g/mol. The number of hydrogen-bond acceptors (Lipinski definition) is 4. The highest BCUT2D eigenvalue weighted by Crippen LogP contribution is 2.41. The Balaban J connectivity index is 1.17. The Morgan fingerprint density at radius 2 is 0.733 bits per heavy atom. The van der Waals surface area contributed by atoms with Crippen LogP contribution >= 0.6 is 0 Å². The summed E-state index contributed by atoms with van der Waals surface area (Å²) in [5.41, 5.74) is 8.06. The first-order chi connectivity index (χ1) is 29.7. The molecule has 0 bridgehead atoms. The molecule has 12 rings (SSSR count). The van der Waals surface area contributed by atoms with Crippen LogP contribution in [0.25, 0.3) is 121 Å². The summed E-state index contributed by atoms with van der Waals surface area (Å²) in [7, 11) is 0. The Hall–Kier alpha value is -8.08. The van der Waals surface area contributed by atoms with Crippen LogP contribution in [-0.4, -0.2) is 19.9 Å². The van der Waals surface area contributed by atoms with Crippen LogP contribution in [0, 0.1) is 0 Å². The van der Waals surface area contributed by atoms with Crippen LogP contribution in [0.5, 0.6) is 0 Å². The predicted octanol–water partition coefficient (Wildman–Crippen LogP) is 14.5. The first-order valence-corrected chi connectivity index (χ1v) is 20.3. The molecule has 0 aliphatic heterocycles. The van der Waals surface area contributed by atoms with E-state index in [1.165, 1.54) is 10.8 Å². The average Bonchev–Trinajstić information content (AvgIpc) is 3.33. The number of rotatable bonds is 5. The highest BCUT2D eigenvalue weighted by molar-refractivity contribution is 6.18. The zero-order chi connectivity index (χ0) is 39.6. The number of pyridine rings is 1. The van der Waals surface area contributed by atoms with Crippen molar-refractivity contribution >= 4 is 64.8 Å². The number of nitrogens with zero attached hydrogens (tertiary/aromatic N) is 4. The van der Waals surface area contributed by atoms with Crippen LogP contribution in [0.15, 0.2) is 206 Å². The van der Waals surface area contributed by atoms with Gasteiger partial charge in [0.05, 0.1) is 11.2 Å². The smallest absolute Gasteiger partial charge is 0.164 e. The summed E-state index contributed by atoms with van der Waals surface area (Å²) in [6.07, 6.45) is 0. The fourth-order valence-corrected chi connectivity index (χ4v) is 9.09. The minimum atomic E-state index is 0.601. The summed E-state index contributed by atoms with van der Waals surface area (Å²) in [5.74, 6) is 1.85. The van der Waals surface area contributed by atoms with Gasteiger partial charge < -0.3 is 0 Å². The first-order valence-electron chi connectivity index (χ1n) is 20.3. The molecule has 10 aromatic carbocycles. The van der Waals surface area contributed by atoms with E-state index in [1.54, 1.807) is 0 Å². The summed E-state index contributed by atoms with van der Waals surface area (Å²) in [6.45, 7) is 0. The predicted molar refractivity (Wildman–Crippen MR) is 250 cm³/mol. The van der Waals surface area contributed by atoms with Crippen molar-refractivity contribution in [2.75, 3.05) is 0 Å². The minimum Gasteiger partial charge on any atom is -0.247 e. The van der Waals surface area contributed by atoms with Crippen molar-refractivity contribution in [3.63, 3.8) is 0 Å². The van der Waals surface area contributed by atoms with Crippen LogP contribution in [0.2, 0.25) is 0 Å². The first kappa shape index (κ1) is 34.0. The van der Waals surface area contributed by atoms with Gasteiger partial charge in [-0.2, -0.15) is 0 Å². The van der Waals surface area contributed by atoms with E-state index >= 15 is 0 Å². The molecule has 4 heteroatoms. The lowest BCUT2D eigenvalue weighted by Crippen LogP contribution is -2.01. The molecule has 0 saturated heterocycles. The van der Waals surface area contributed by atoms with Crippen LogP contribution in [0.1, 0.15) is 0 Å². The third-order valence-electron chi connectivity index (χ3n) is 11.9. The standard InChI is InChI=1S/C56H34N4/c1-3-16-35(17-4-1)42-28-15-29-47-52(42)50-34-39(30-31-51(50)57-53(47)36-18-5-2-6-19-36)54-58-55(48-32-37-20-7-9-22-40(37)43-24-11-13-26-45(43)48)60-56(59-54)49-33-38-21-8-10-23-41(38)44-25-12-14-27-46(44)49/h1-34H. The maximum Gasteiger partial charge on any atom is 0.164 e. The summed E-state index contributed by atoms with van der Waals surface area (Å²) < 4.78 is 0. The van der Waals surface area contributed by atoms with E-state index in [4.69, 9.17) is 19.9 Å². The molecule has 0 amide bonds. The molecule has 4 nitrogen and oxygen atoms in total. The third kappa shape index (κ3) is 5.53. The van der Waals surface area contributed by atoms with E-state index in [0.29, 0.717) is 17.5 Å². The molecular weight excluding hydrogens is 729 g/mol. The number of benzene rings is 10. The van der Waals surface area contributed by atoms with Crippen molar-refractivity contribution in [2.24, 2.45) is 0 Å². The van der Waals surface area contributed by atoms with E-state index in [9.17, 15) is 0 Å². The van der Waals surface area contributed by atoms with Gasteiger partial charge in [-0.05, 0) is 84.5 Å². The van der Waals surface area contributed by atoms with Gasteiger partial charge in [0.15, 0.2) is 17.5 Å². The molecule has 0 N–H and O–H groups in total. The Bertz CT molecular complexity index is 3520. The van der Waals surface area contributed by atoms with Gasteiger partial charge in [-0.15, -0.1) is 0 Å². The molecule has 0 saturated carbocycles. The molecule has 2 aromatic heterocycles. The van der Waals surface area contributed by atoms with Crippen molar-refractivity contribution in [3.8, 4) is 56.5 Å². The van der Waals surface area contributed by atoms with E-state index in [2.05, 4.69) is 200 Å². The second-order valence-corrected chi connectivity index (χ2v) is 15.3. The lowest BCUT2D eigenvalue weighted by Gasteiger charge is -2.16. The van der Waals surface area contributed by atoms with Gasteiger partial charge in [-0.25, -0.2) is 19.9 Å². The molecule has 2 heterocycles. The van der Waals surface area contributed by atoms with Gasteiger partial charge in [0.2, 0.25) is 0 Å². The molecule has 0 aliphatic carbocycles. The summed E-state index contributed by atoms with van der Waals surface area (Å²) in [5, 5.41) is 12.5.